The Labute approximate surface area is 118 Å². The van der Waals surface area contributed by atoms with Crippen molar-refractivity contribution in [1.82, 2.24) is 0 Å². The van der Waals surface area contributed by atoms with Crippen LogP contribution in [-0.4, -0.2) is 17.7 Å². The Bertz CT molecular complexity index is 492. The number of aliphatic carboxylic acids is 1. The van der Waals surface area contributed by atoms with E-state index in [1.807, 2.05) is 0 Å². The molecular formula is C16H21FO3. The molecule has 110 valence electrons. The van der Waals surface area contributed by atoms with E-state index in [0.717, 1.165) is 0 Å². The highest BCUT2D eigenvalue weighted by Crippen LogP contribution is 2.32. The zero-order chi connectivity index (χ0) is 14.8. The summed E-state index contributed by atoms with van der Waals surface area (Å²) in [5, 5.41) is 8.94. The molecule has 0 bridgehead atoms. The molecule has 0 amide bonds. The van der Waals surface area contributed by atoms with Crippen molar-refractivity contribution in [3.05, 3.63) is 29.6 Å². The average Bonchev–Trinajstić information content (AvgIpc) is 2.24. The van der Waals surface area contributed by atoms with Crippen molar-refractivity contribution in [3.63, 3.8) is 0 Å². The Kier molecular flexibility index (Phi) is 4.31. The molecular weight excluding hydrogens is 259 g/mol. The van der Waals surface area contributed by atoms with Crippen molar-refractivity contribution in [2.45, 2.75) is 44.9 Å². The van der Waals surface area contributed by atoms with Crippen LogP contribution in [0.15, 0.2) is 18.2 Å². The summed E-state index contributed by atoms with van der Waals surface area (Å²) in [5.74, 6) is -0.208. The smallest absolute Gasteiger partial charge is 0.304 e. The zero-order valence-corrected chi connectivity index (χ0v) is 12.0. The minimum atomic E-state index is -0.892. The molecule has 1 saturated carbocycles. The van der Waals surface area contributed by atoms with Crippen LogP contribution in [0.25, 0.3) is 0 Å². The standard InChI is InChI=1S/C16H21FO3/c1-16(2,9-15(18)19)12-6-13(17)8-14(7-12)20-10-11-4-3-5-11/h6-8,11H,3-5,9-10H2,1-2H3,(H,18,19). The number of rotatable bonds is 6. The number of benzene rings is 1. The summed E-state index contributed by atoms with van der Waals surface area (Å²) in [6.07, 6.45) is 3.55. The van der Waals surface area contributed by atoms with E-state index in [4.69, 9.17) is 9.84 Å². The quantitative estimate of drug-likeness (QED) is 0.863. The fourth-order valence-corrected chi connectivity index (χ4v) is 2.39. The van der Waals surface area contributed by atoms with Gasteiger partial charge in [0, 0.05) is 11.5 Å². The molecule has 0 aliphatic heterocycles. The normalized spacial score (nSPS) is 15.8. The SMILES string of the molecule is CC(C)(CC(=O)O)c1cc(F)cc(OCC2CCC2)c1. The average molecular weight is 280 g/mol. The third-order valence-electron chi connectivity index (χ3n) is 3.96. The van der Waals surface area contributed by atoms with Crippen LogP contribution < -0.4 is 4.74 Å². The van der Waals surface area contributed by atoms with Gasteiger partial charge < -0.3 is 9.84 Å². The number of hydrogen-bond donors (Lipinski definition) is 1. The van der Waals surface area contributed by atoms with E-state index < -0.39 is 11.4 Å². The molecule has 2 rings (SSSR count). The van der Waals surface area contributed by atoms with E-state index in [1.54, 1.807) is 19.9 Å². The maximum Gasteiger partial charge on any atom is 0.304 e. The van der Waals surface area contributed by atoms with Gasteiger partial charge in [0.05, 0.1) is 13.0 Å². The highest BCUT2D eigenvalue weighted by molar-refractivity contribution is 5.69. The van der Waals surface area contributed by atoms with Gasteiger partial charge in [-0.25, -0.2) is 4.39 Å². The number of carboxylic acid groups (broad SMARTS) is 1. The number of ether oxygens (including phenoxy) is 1. The maximum absolute atomic E-state index is 13.7. The molecule has 0 atom stereocenters. The third-order valence-corrected chi connectivity index (χ3v) is 3.96. The van der Waals surface area contributed by atoms with Gasteiger partial charge in [0.1, 0.15) is 11.6 Å². The summed E-state index contributed by atoms with van der Waals surface area (Å²) >= 11 is 0. The van der Waals surface area contributed by atoms with Crippen molar-refractivity contribution < 1.29 is 19.0 Å². The van der Waals surface area contributed by atoms with E-state index >= 15 is 0 Å². The van der Waals surface area contributed by atoms with Gasteiger partial charge >= 0.3 is 5.97 Å². The Morgan fingerprint density at radius 3 is 2.65 bits per heavy atom. The van der Waals surface area contributed by atoms with Crippen molar-refractivity contribution in [2.24, 2.45) is 5.92 Å². The lowest BCUT2D eigenvalue weighted by molar-refractivity contribution is -0.138. The Balaban J connectivity index is 2.12. The van der Waals surface area contributed by atoms with E-state index in [-0.39, 0.29) is 12.2 Å². The molecule has 1 N–H and O–H groups in total. The van der Waals surface area contributed by atoms with Crippen LogP contribution in [0, 0.1) is 11.7 Å². The second-order valence-corrected chi connectivity index (χ2v) is 6.24. The molecule has 20 heavy (non-hydrogen) atoms. The Morgan fingerprint density at radius 1 is 1.40 bits per heavy atom. The van der Waals surface area contributed by atoms with Gasteiger partial charge in [-0.3, -0.25) is 4.79 Å². The highest BCUT2D eigenvalue weighted by Gasteiger charge is 2.25. The molecule has 0 radical (unpaired) electrons. The van der Waals surface area contributed by atoms with Crippen LogP contribution in [0.3, 0.4) is 0 Å². The molecule has 0 unspecified atom stereocenters. The summed E-state index contributed by atoms with van der Waals surface area (Å²) in [6, 6.07) is 4.50. The van der Waals surface area contributed by atoms with Crippen LogP contribution in [0.1, 0.15) is 45.1 Å². The fraction of sp³-hybridized carbons (Fsp3) is 0.562. The first-order valence-corrected chi connectivity index (χ1v) is 7.02. The molecule has 4 heteroatoms. The molecule has 0 spiro atoms. The van der Waals surface area contributed by atoms with Crippen molar-refractivity contribution in [2.75, 3.05) is 6.61 Å². The fourth-order valence-electron chi connectivity index (χ4n) is 2.39. The number of hydrogen-bond acceptors (Lipinski definition) is 2. The molecule has 1 aromatic rings. The predicted molar refractivity (Wildman–Crippen MR) is 74.5 cm³/mol. The van der Waals surface area contributed by atoms with Crippen molar-refractivity contribution in [3.8, 4) is 5.75 Å². The van der Waals surface area contributed by atoms with E-state index in [0.29, 0.717) is 23.8 Å². The lowest BCUT2D eigenvalue weighted by Crippen LogP contribution is -2.22. The first-order valence-electron chi connectivity index (χ1n) is 7.02. The summed E-state index contributed by atoms with van der Waals surface area (Å²) in [5.41, 5.74) is 0.0335. The molecule has 1 aromatic carbocycles. The zero-order valence-electron chi connectivity index (χ0n) is 12.0. The van der Waals surface area contributed by atoms with Crippen molar-refractivity contribution in [1.29, 1.82) is 0 Å². The number of carbonyl (C=O) groups is 1. The van der Waals surface area contributed by atoms with Gasteiger partial charge in [-0.05, 0) is 36.5 Å². The van der Waals surface area contributed by atoms with Crippen LogP contribution in [0.2, 0.25) is 0 Å². The molecule has 1 fully saturated rings. The molecule has 0 saturated heterocycles. The molecule has 0 heterocycles. The monoisotopic (exact) mass is 280 g/mol. The minimum Gasteiger partial charge on any atom is -0.493 e. The topological polar surface area (TPSA) is 46.5 Å². The summed E-state index contributed by atoms with van der Waals surface area (Å²) in [4.78, 5) is 10.9. The second kappa shape index (κ2) is 5.81. The molecule has 1 aliphatic carbocycles. The second-order valence-electron chi connectivity index (χ2n) is 6.24. The third kappa shape index (κ3) is 3.71. The van der Waals surface area contributed by atoms with Gasteiger partial charge in [-0.15, -0.1) is 0 Å². The predicted octanol–water partition coefficient (Wildman–Crippen LogP) is 3.76. The van der Waals surface area contributed by atoms with Gasteiger partial charge in [0.2, 0.25) is 0 Å². The Hall–Kier alpha value is -1.58. The van der Waals surface area contributed by atoms with Crippen LogP contribution in [0.5, 0.6) is 5.75 Å². The maximum atomic E-state index is 13.7. The van der Waals surface area contributed by atoms with Gasteiger partial charge in [-0.2, -0.15) is 0 Å². The first-order chi connectivity index (χ1) is 9.37. The van der Waals surface area contributed by atoms with E-state index in [2.05, 4.69) is 0 Å². The lowest BCUT2D eigenvalue weighted by Gasteiger charge is -2.26. The van der Waals surface area contributed by atoms with Crippen LogP contribution in [0.4, 0.5) is 4.39 Å². The van der Waals surface area contributed by atoms with Gasteiger partial charge in [-0.1, -0.05) is 20.3 Å². The minimum absolute atomic E-state index is 0.0431. The molecule has 1 aliphatic rings. The first kappa shape index (κ1) is 14.8. The van der Waals surface area contributed by atoms with E-state index in [1.165, 1.54) is 31.4 Å². The number of halogens is 1. The number of carboxylic acids is 1. The summed E-state index contributed by atoms with van der Waals surface area (Å²) < 4.78 is 19.3. The van der Waals surface area contributed by atoms with Gasteiger partial charge in [0.15, 0.2) is 0 Å². The van der Waals surface area contributed by atoms with E-state index in [9.17, 15) is 9.18 Å². The Morgan fingerprint density at radius 2 is 2.10 bits per heavy atom. The molecule has 0 aromatic heterocycles. The summed E-state index contributed by atoms with van der Waals surface area (Å²) in [6.45, 7) is 4.21. The largest absolute Gasteiger partial charge is 0.493 e. The molecule has 3 nitrogen and oxygen atoms in total. The van der Waals surface area contributed by atoms with Crippen LogP contribution >= 0.6 is 0 Å². The highest BCUT2D eigenvalue weighted by atomic mass is 19.1. The van der Waals surface area contributed by atoms with Gasteiger partial charge in [0.25, 0.3) is 0 Å². The summed E-state index contributed by atoms with van der Waals surface area (Å²) in [7, 11) is 0. The van der Waals surface area contributed by atoms with Crippen LogP contribution in [-0.2, 0) is 10.2 Å². The van der Waals surface area contributed by atoms with Crippen molar-refractivity contribution >= 4 is 5.97 Å². The lowest BCUT2D eigenvalue weighted by atomic mass is 9.81.